The zero-order valence-electron chi connectivity index (χ0n) is 10.8. The van der Waals surface area contributed by atoms with Crippen molar-refractivity contribution in [3.8, 4) is 5.88 Å². The molecule has 0 N–H and O–H groups in total. The molecule has 2 aromatic rings. The van der Waals surface area contributed by atoms with E-state index in [0.717, 1.165) is 6.07 Å². The molecule has 0 bridgehead atoms. The molecule has 2 rings (SSSR count). The van der Waals surface area contributed by atoms with Crippen LogP contribution in [0.1, 0.15) is 26.3 Å². The fourth-order valence-corrected chi connectivity index (χ4v) is 2.03. The smallest absolute Gasteiger partial charge is 0.213 e. The summed E-state index contributed by atoms with van der Waals surface area (Å²) < 4.78 is 32.7. The molecule has 0 aliphatic rings. The molecule has 1 aromatic carbocycles. The lowest BCUT2D eigenvalue weighted by atomic mass is 9.85. The van der Waals surface area contributed by atoms with Crippen LogP contribution in [0.15, 0.2) is 18.2 Å². The Morgan fingerprint density at radius 1 is 1.11 bits per heavy atom. The molecule has 0 aliphatic heterocycles. The van der Waals surface area contributed by atoms with Gasteiger partial charge in [-0.2, -0.15) is 0 Å². The van der Waals surface area contributed by atoms with Crippen molar-refractivity contribution in [2.45, 2.75) is 26.2 Å². The van der Waals surface area contributed by atoms with E-state index >= 15 is 0 Å². The molecule has 0 fully saturated rings. The Morgan fingerprint density at radius 3 is 2.33 bits per heavy atom. The van der Waals surface area contributed by atoms with Crippen molar-refractivity contribution < 1.29 is 13.5 Å². The topological polar surface area (TPSA) is 22.1 Å². The summed E-state index contributed by atoms with van der Waals surface area (Å²) in [7, 11) is 1.47. The normalized spacial score (nSPS) is 11.9. The summed E-state index contributed by atoms with van der Waals surface area (Å²) in [6.45, 7) is 5.59. The second kappa shape index (κ2) is 4.19. The van der Waals surface area contributed by atoms with Gasteiger partial charge in [0, 0.05) is 23.1 Å². The summed E-state index contributed by atoms with van der Waals surface area (Å²) in [4.78, 5) is 4.18. The predicted molar refractivity (Wildman–Crippen MR) is 66.9 cm³/mol. The number of hydrogen-bond acceptors (Lipinski definition) is 2. The third kappa shape index (κ3) is 2.03. The maximum absolute atomic E-state index is 14.0. The van der Waals surface area contributed by atoms with Gasteiger partial charge in [0.1, 0.15) is 11.6 Å². The number of fused-ring (bicyclic) bond motifs is 1. The van der Waals surface area contributed by atoms with Gasteiger partial charge in [0.2, 0.25) is 5.88 Å². The molecule has 1 heterocycles. The minimum atomic E-state index is -0.606. The second-order valence-corrected chi connectivity index (χ2v) is 5.21. The van der Waals surface area contributed by atoms with Gasteiger partial charge in [-0.05, 0) is 11.5 Å². The molecule has 0 saturated carbocycles. The van der Waals surface area contributed by atoms with Gasteiger partial charge in [0.15, 0.2) is 0 Å². The monoisotopic (exact) mass is 251 g/mol. The first-order chi connectivity index (χ1) is 8.34. The van der Waals surface area contributed by atoms with Crippen LogP contribution in [-0.2, 0) is 5.41 Å². The molecular weight excluding hydrogens is 236 g/mol. The number of pyridine rings is 1. The Balaban J connectivity index is 2.90. The van der Waals surface area contributed by atoms with Crippen LogP contribution in [0.2, 0.25) is 0 Å². The van der Waals surface area contributed by atoms with E-state index in [1.165, 1.54) is 7.11 Å². The standard InChI is InChI=1S/C14H15F2NO/c1-14(2,3)12-10(16)7-9(15)8-5-6-11(18-4)17-13(8)12/h5-7H,1-4H3. The van der Waals surface area contributed by atoms with Gasteiger partial charge in [-0.1, -0.05) is 20.8 Å². The molecule has 0 amide bonds. The average Bonchev–Trinajstić information content (AvgIpc) is 2.26. The molecule has 96 valence electrons. The van der Waals surface area contributed by atoms with Crippen LogP contribution in [0.25, 0.3) is 10.9 Å². The molecule has 4 heteroatoms. The van der Waals surface area contributed by atoms with E-state index in [0.29, 0.717) is 22.3 Å². The molecule has 0 atom stereocenters. The first kappa shape index (κ1) is 12.7. The fourth-order valence-electron chi connectivity index (χ4n) is 2.03. The van der Waals surface area contributed by atoms with Gasteiger partial charge in [-0.15, -0.1) is 0 Å². The van der Waals surface area contributed by atoms with E-state index in [1.54, 1.807) is 12.1 Å². The maximum Gasteiger partial charge on any atom is 0.213 e. The number of ether oxygens (including phenoxy) is 1. The third-order valence-electron chi connectivity index (χ3n) is 2.82. The summed E-state index contributed by atoms with van der Waals surface area (Å²) in [5.74, 6) is -0.836. The molecule has 0 radical (unpaired) electrons. The van der Waals surface area contributed by atoms with Crippen molar-refractivity contribution in [3.05, 3.63) is 35.4 Å². The zero-order valence-corrected chi connectivity index (χ0v) is 10.8. The summed E-state index contributed by atoms with van der Waals surface area (Å²) >= 11 is 0. The fraction of sp³-hybridized carbons (Fsp3) is 0.357. The zero-order chi connectivity index (χ0) is 13.5. The van der Waals surface area contributed by atoms with Crippen molar-refractivity contribution in [2.75, 3.05) is 7.11 Å². The maximum atomic E-state index is 14.0. The van der Waals surface area contributed by atoms with Crippen LogP contribution in [0.4, 0.5) is 8.78 Å². The van der Waals surface area contributed by atoms with Crippen LogP contribution in [0.3, 0.4) is 0 Å². The van der Waals surface area contributed by atoms with Crippen molar-refractivity contribution >= 4 is 10.9 Å². The van der Waals surface area contributed by atoms with Crippen molar-refractivity contribution in [2.24, 2.45) is 0 Å². The quantitative estimate of drug-likeness (QED) is 0.768. The number of aromatic nitrogens is 1. The number of benzene rings is 1. The molecule has 0 saturated heterocycles. The van der Waals surface area contributed by atoms with Crippen molar-refractivity contribution in [1.82, 2.24) is 4.98 Å². The molecule has 0 aliphatic carbocycles. The minimum Gasteiger partial charge on any atom is -0.481 e. The molecule has 18 heavy (non-hydrogen) atoms. The Morgan fingerprint density at radius 2 is 1.78 bits per heavy atom. The van der Waals surface area contributed by atoms with Crippen molar-refractivity contribution in [3.63, 3.8) is 0 Å². The third-order valence-corrected chi connectivity index (χ3v) is 2.82. The first-order valence-corrected chi connectivity index (χ1v) is 5.68. The average molecular weight is 251 g/mol. The lowest BCUT2D eigenvalue weighted by molar-refractivity contribution is 0.399. The molecule has 0 spiro atoms. The van der Waals surface area contributed by atoms with E-state index in [9.17, 15) is 8.78 Å². The van der Waals surface area contributed by atoms with Crippen LogP contribution >= 0.6 is 0 Å². The largest absolute Gasteiger partial charge is 0.481 e. The summed E-state index contributed by atoms with van der Waals surface area (Å²) in [6.07, 6.45) is 0. The number of methoxy groups -OCH3 is 1. The Hall–Kier alpha value is -1.71. The highest BCUT2D eigenvalue weighted by molar-refractivity contribution is 5.84. The van der Waals surface area contributed by atoms with Gasteiger partial charge >= 0.3 is 0 Å². The van der Waals surface area contributed by atoms with Gasteiger partial charge in [0.05, 0.1) is 12.6 Å². The highest BCUT2D eigenvalue weighted by Gasteiger charge is 2.24. The highest BCUT2D eigenvalue weighted by atomic mass is 19.1. The lowest BCUT2D eigenvalue weighted by Gasteiger charge is -2.21. The Bertz CT molecular complexity index is 603. The van der Waals surface area contributed by atoms with E-state index in [2.05, 4.69) is 4.98 Å². The molecular formula is C14H15F2NO. The van der Waals surface area contributed by atoms with Gasteiger partial charge in [-0.25, -0.2) is 13.8 Å². The van der Waals surface area contributed by atoms with Gasteiger partial charge < -0.3 is 4.74 Å². The Kier molecular flexibility index (Phi) is 2.97. The predicted octanol–water partition coefficient (Wildman–Crippen LogP) is 3.82. The molecule has 2 nitrogen and oxygen atoms in total. The van der Waals surface area contributed by atoms with Gasteiger partial charge in [0.25, 0.3) is 0 Å². The summed E-state index contributed by atoms with van der Waals surface area (Å²) in [5.41, 5.74) is 0.257. The minimum absolute atomic E-state index is 0.308. The first-order valence-electron chi connectivity index (χ1n) is 5.68. The number of rotatable bonds is 1. The van der Waals surface area contributed by atoms with E-state index in [1.807, 2.05) is 20.8 Å². The summed E-state index contributed by atoms with van der Waals surface area (Å²) in [6, 6.07) is 4.04. The number of nitrogens with zero attached hydrogens (tertiary/aromatic N) is 1. The highest BCUT2D eigenvalue weighted by Crippen LogP contribution is 2.33. The molecule has 1 aromatic heterocycles. The summed E-state index contributed by atoms with van der Waals surface area (Å²) in [5, 5.41) is 0.308. The van der Waals surface area contributed by atoms with Crippen LogP contribution in [0.5, 0.6) is 5.88 Å². The lowest BCUT2D eigenvalue weighted by Crippen LogP contribution is -2.15. The van der Waals surface area contributed by atoms with E-state index in [-0.39, 0.29) is 0 Å². The number of hydrogen-bond donors (Lipinski definition) is 0. The van der Waals surface area contributed by atoms with Crippen LogP contribution < -0.4 is 4.74 Å². The molecule has 0 unspecified atom stereocenters. The number of halogens is 2. The van der Waals surface area contributed by atoms with E-state index in [4.69, 9.17) is 4.74 Å². The van der Waals surface area contributed by atoms with Crippen LogP contribution in [0, 0.1) is 11.6 Å². The Labute approximate surface area is 105 Å². The van der Waals surface area contributed by atoms with E-state index < -0.39 is 17.0 Å². The van der Waals surface area contributed by atoms with Crippen LogP contribution in [-0.4, -0.2) is 12.1 Å². The van der Waals surface area contributed by atoms with Crippen molar-refractivity contribution in [1.29, 1.82) is 0 Å². The second-order valence-electron chi connectivity index (χ2n) is 5.21. The van der Waals surface area contributed by atoms with Gasteiger partial charge in [-0.3, -0.25) is 0 Å². The SMILES string of the molecule is COc1ccc2c(F)cc(F)c(C(C)(C)C)c2n1.